The Labute approximate surface area is 138 Å². The van der Waals surface area contributed by atoms with E-state index >= 15 is 0 Å². The molecule has 1 aliphatic rings. The first-order valence-corrected chi connectivity index (χ1v) is 8.24. The summed E-state index contributed by atoms with van der Waals surface area (Å²) in [5.41, 5.74) is 0. The van der Waals surface area contributed by atoms with Gasteiger partial charge in [0.05, 0.1) is 9.70 Å². The predicted molar refractivity (Wildman–Crippen MR) is 90.0 cm³/mol. The molecule has 4 nitrogen and oxygen atoms in total. The molecule has 0 saturated carbocycles. The van der Waals surface area contributed by atoms with Crippen molar-refractivity contribution >= 4 is 45.6 Å². The van der Waals surface area contributed by atoms with Crippen molar-refractivity contribution in [1.29, 1.82) is 0 Å². The third-order valence-corrected chi connectivity index (χ3v) is 5.16. The second-order valence-corrected chi connectivity index (χ2v) is 7.24. The van der Waals surface area contributed by atoms with Gasteiger partial charge in [-0.05, 0) is 35.0 Å². The smallest absolute Gasteiger partial charge is 0.228 e. The van der Waals surface area contributed by atoms with Gasteiger partial charge < -0.3 is 10.6 Å². The van der Waals surface area contributed by atoms with E-state index in [4.69, 9.17) is 0 Å². The average Bonchev–Trinajstić information content (AvgIpc) is 2.85. The van der Waals surface area contributed by atoms with E-state index in [0.29, 0.717) is 0 Å². The first-order valence-electron chi connectivity index (χ1n) is 6.63. The van der Waals surface area contributed by atoms with E-state index in [9.17, 15) is 4.79 Å². The zero-order chi connectivity index (χ0) is 13.7. The standard InChI is InChI=1S/C13H20BrN3OS.ClH/c1-10(11-2-3-12(14)19-11)13(18)16-6-9-17-7-4-15-5-8-17;/h2-3,10,15H,4-9H2,1H3,(H,16,18);1H. The third kappa shape index (κ3) is 5.33. The van der Waals surface area contributed by atoms with Crippen molar-refractivity contribution in [1.82, 2.24) is 15.5 Å². The Morgan fingerprint density at radius 1 is 1.50 bits per heavy atom. The largest absolute Gasteiger partial charge is 0.354 e. The van der Waals surface area contributed by atoms with Crippen LogP contribution in [-0.4, -0.2) is 50.1 Å². The highest BCUT2D eigenvalue weighted by atomic mass is 79.9. The van der Waals surface area contributed by atoms with Crippen molar-refractivity contribution < 1.29 is 4.79 Å². The van der Waals surface area contributed by atoms with Gasteiger partial charge in [0.15, 0.2) is 0 Å². The van der Waals surface area contributed by atoms with E-state index in [0.717, 1.165) is 47.9 Å². The number of thiophene rings is 1. The highest BCUT2D eigenvalue weighted by Crippen LogP contribution is 2.28. The number of nitrogens with zero attached hydrogens (tertiary/aromatic N) is 1. The van der Waals surface area contributed by atoms with Crippen molar-refractivity contribution in [3.05, 3.63) is 20.8 Å². The number of hydrogen-bond acceptors (Lipinski definition) is 4. The molecule has 20 heavy (non-hydrogen) atoms. The summed E-state index contributed by atoms with van der Waals surface area (Å²) < 4.78 is 1.07. The van der Waals surface area contributed by atoms with Gasteiger partial charge in [0.2, 0.25) is 5.91 Å². The molecule has 0 aliphatic carbocycles. The van der Waals surface area contributed by atoms with Gasteiger partial charge in [-0.2, -0.15) is 0 Å². The molecule has 2 N–H and O–H groups in total. The van der Waals surface area contributed by atoms with Crippen LogP contribution in [0.15, 0.2) is 15.9 Å². The fourth-order valence-corrected chi connectivity index (χ4v) is 3.59. The van der Waals surface area contributed by atoms with Crippen LogP contribution in [0.3, 0.4) is 0 Å². The molecular weight excluding hydrogens is 362 g/mol. The Morgan fingerprint density at radius 2 is 2.20 bits per heavy atom. The normalized spacial score (nSPS) is 17.3. The topological polar surface area (TPSA) is 44.4 Å². The maximum absolute atomic E-state index is 12.0. The molecule has 0 radical (unpaired) electrons. The molecule has 7 heteroatoms. The molecule has 1 aromatic heterocycles. The average molecular weight is 383 g/mol. The molecule has 1 fully saturated rings. The van der Waals surface area contributed by atoms with Crippen LogP contribution in [0, 0.1) is 0 Å². The minimum absolute atomic E-state index is 0. The summed E-state index contributed by atoms with van der Waals surface area (Å²) in [5.74, 6) is 0.0452. The maximum Gasteiger partial charge on any atom is 0.228 e. The molecule has 0 spiro atoms. The first-order chi connectivity index (χ1) is 9.16. The number of rotatable bonds is 5. The molecule has 0 aromatic carbocycles. The zero-order valence-corrected chi connectivity index (χ0v) is 14.7. The van der Waals surface area contributed by atoms with E-state index in [2.05, 4.69) is 31.5 Å². The van der Waals surface area contributed by atoms with Gasteiger partial charge in [0, 0.05) is 44.1 Å². The van der Waals surface area contributed by atoms with E-state index in [1.165, 1.54) is 0 Å². The van der Waals surface area contributed by atoms with Crippen LogP contribution in [0.1, 0.15) is 17.7 Å². The minimum atomic E-state index is -0.0701. The van der Waals surface area contributed by atoms with Crippen molar-refractivity contribution in [3.63, 3.8) is 0 Å². The monoisotopic (exact) mass is 381 g/mol. The number of amides is 1. The van der Waals surface area contributed by atoms with Crippen LogP contribution in [0.25, 0.3) is 0 Å². The summed E-state index contributed by atoms with van der Waals surface area (Å²) in [5, 5.41) is 6.35. The van der Waals surface area contributed by atoms with Crippen molar-refractivity contribution in [2.45, 2.75) is 12.8 Å². The van der Waals surface area contributed by atoms with E-state index < -0.39 is 0 Å². The van der Waals surface area contributed by atoms with E-state index in [1.54, 1.807) is 11.3 Å². The Bertz CT molecular complexity index is 424. The Hall–Kier alpha value is -0.140. The van der Waals surface area contributed by atoms with Gasteiger partial charge in [-0.3, -0.25) is 9.69 Å². The van der Waals surface area contributed by atoms with Gasteiger partial charge in [-0.15, -0.1) is 23.7 Å². The highest BCUT2D eigenvalue weighted by molar-refractivity contribution is 9.11. The quantitative estimate of drug-likeness (QED) is 0.819. The molecule has 1 amide bonds. The first kappa shape index (κ1) is 17.9. The van der Waals surface area contributed by atoms with Gasteiger partial charge in [0.1, 0.15) is 0 Å². The van der Waals surface area contributed by atoms with Crippen LogP contribution < -0.4 is 10.6 Å². The number of hydrogen-bond donors (Lipinski definition) is 2. The van der Waals surface area contributed by atoms with Gasteiger partial charge in [-0.1, -0.05) is 0 Å². The lowest BCUT2D eigenvalue weighted by Gasteiger charge is -2.27. The van der Waals surface area contributed by atoms with Crippen LogP contribution >= 0.6 is 39.7 Å². The summed E-state index contributed by atoms with van der Waals surface area (Å²) in [6.45, 7) is 7.87. The molecule has 1 aromatic rings. The molecule has 2 heterocycles. The molecule has 1 saturated heterocycles. The third-order valence-electron chi connectivity index (χ3n) is 3.35. The molecule has 114 valence electrons. The lowest BCUT2D eigenvalue weighted by atomic mass is 10.1. The van der Waals surface area contributed by atoms with Crippen molar-refractivity contribution in [3.8, 4) is 0 Å². The zero-order valence-electron chi connectivity index (χ0n) is 11.5. The minimum Gasteiger partial charge on any atom is -0.354 e. The predicted octanol–water partition coefficient (Wildman–Crippen LogP) is 2.06. The molecule has 1 aliphatic heterocycles. The summed E-state index contributed by atoms with van der Waals surface area (Å²) in [4.78, 5) is 15.5. The number of nitrogens with one attached hydrogen (secondary N) is 2. The number of halogens is 2. The van der Waals surface area contributed by atoms with Crippen molar-refractivity contribution in [2.24, 2.45) is 0 Å². The summed E-state index contributed by atoms with van der Waals surface area (Å²) >= 11 is 5.05. The van der Waals surface area contributed by atoms with Crippen LogP contribution in [0.5, 0.6) is 0 Å². The lowest BCUT2D eigenvalue weighted by Crippen LogP contribution is -2.46. The highest BCUT2D eigenvalue weighted by Gasteiger charge is 2.17. The van der Waals surface area contributed by atoms with E-state index in [-0.39, 0.29) is 24.2 Å². The maximum atomic E-state index is 12.0. The Morgan fingerprint density at radius 3 is 2.80 bits per heavy atom. The van der Waals surface area contributed by atoms with Crippen LogP contribution in [0.4, 0.5) is 0 Å². The fourth-order valence-electron chi connectivity index (χ4n) is 2.12. The summed E-state index contributed by atoms with van der Waals surface area (Å²) in [6, 6.07) is 4.00. The van der Waals surface area contributed by atoms with Gasteiger partial charge in [-0.25, -0.2) is 0 Å². The van der Waals surface area contributed by atoms with Crippen LogP contribution in [0.2, 0.25) is 0 Å². The number of carbonyl (C=O) groups is 1. The Kier molecular flexibility index (Phi) is 8.06. The molecular formula is C13H21BrClN3OS. The van der Waals surface area contributed by atoms with Crippen molar-refractivity contribution in [2.75, 3.05) is 39.3 Å². The summed E-state index contributed by atoms with van der Waals surface area (Å²) in [6.07, 6.45) is 0. The number of carbonyl (C=O) groups excluding carboxylic acids is 1. The SMILES string of the molecule is CC(C(=O)NCCN1CCNCC1)c1ccc(Br)s1.Cl. The molecule has 1 unspecified atom stereocenters. The number of piperazine rings is 1. The van der Waals surface area contributed by atoms with Gasteiger partial charge >= 0.3 is 0 Å². The fraction of sp³-hybridized carbons (Fsp3) is 0.615. The molecule has 2 rings (SSSR count). The van der Waals surface area contributed by atoms with Crippen LogP contribution in [-0.2, 0) is 4.79 Å². The molecule has 1 atom stereocenters. The van der Waals surface area contributed by atoms with Gasteiger partial charge in [0.25, 0.3) is 0 Å². The lowest BCUT2D eigenvalue weighted by molar-refractivity contribution is -0.122. The molecule has 0 bridgehead atoms. The summed E-state index contributed by atoms with van der Waals surface area (Å²) in [7, 11) is 0. The van der Waals surface area contributed by atoms with E-state index in [1.807, 2.05) is 19.1 Å². The second kappa shape index (κ2) is 9.00. The second-order valence-electron chi connectivity index (χ2n) is 4.75. The Balaban J connectivity index is 0.00000200.